The number of aliphatic hydroxyl groups is 1. The van der Waals surface area contributed by atoms with Crippen molar-refractivity contribution in [3.05, 3.63) is 0 Å². The van der Waals surface area contributed by atoms with E-state index in [1.807, 2.05) is 0 Å². The summed E-state index contributed by atoms with van der Waals surface area (Å²) in [5.74, 6) is -0.417. The van der Waals surface area contributed by atoms with Crippen LogP contribution in [0.15, 0.2) is 0 Å². The highest BCUT2D eigenvalue weighted by molar-refractivity contribution is 5.87. The smallest absolute Gasteiger partial charge is 0.239 e. The molecule has 0 saturated carbocycles. The Morgan fingerprint density at radius 1 is 1.18 bits per heavy atom. The molecule has 0 aliphatic heterocycles. The lowest BCUT2D eigenvalue weighted by Gasteiger charge is -2.17. The maximum atomic E-state index is 11.4. The normalized spacial score (nSPS) is 11.1. The zero-order valence-electron chi connectivity index (χ0n) is 10.7. The standard InChI is InChI=1S/C11H22N2O4/c1-11(2,3)10(16)13-8-9(15)12-4-6-17-7-5-14/h14H,4-8H2,1-3H3,(H,12,15)(H,13,16). The molecule has 0 rings (SSSR count). The van der Waals surface area contributed by atoms with Crippen LogP contribution in [-0.4, -0.2) is 49.8 Å². The van der Waals surface area contributed by atoms with Gasteiger partial charge >= 0.3 is 0 Å². The molecule has 2 amide bonds. The van der Waals surface area contributed by atoms with Gasteiger partial charge in [-0.05, 0) is 0 Å². The Labute approximate surface area is 102 Å². The number of hydrogen-bond donors (Lipinski definition) is 3. The van der Waals surface area contributed by atoms with Gasteiger partial charge in [0.25, 0.3) is 0 Å². The molecule has 0 heterocycles. The summed E-state index contributed by atoms with van der Waals surface area (Å²) >= 11 is 0. The molecule has 0 radical (unpaired) electrons. The fourth-order valence-electron chi connectivity index (χ4n) is 0.917. The van der Waals surface area contributed by atoms with Crippen LogP contribution >= 0.6 is 0 Å². The van der Waals surface area contributed by atoms with E-state index < -0.39 is 5.41 Å². The van der Waals surface area contributed by atoms with Gasteiger partial charge in [0.15, 0.2) is 0 Å². The zero-order valence-corrected chi connectivity index (χ0v) is 10.7. The first-order valence-corrected chi connectivity index (χ1v) is 5.61. The van der Waals surface area contributed by atoms with Crippen LogP contribution in [0.4, 0.5) is 0 Å². The summed E-state index contributed by atoms with van der Waals surface area (Å²) in [5.41, 5.74) is -0.496. The van der Waals surface area contributed by atoms with Crippen molar-refractivity contribution in [3.8, 4) is 0 Å². The summed E-state index contributed by atoms with van der Waals surface area (Å²) in [5, 5.41) is 13.6. The molecule has 0 aliphatic carbocycles. The summed E-state index contributed by atoms with van der Waals surface area (Å²) in [6.45, 7) is 6.25. The van der Waals surface area contributed by atoms with Crippen molar-refractivity contribution in [2.45, 2.75) is 20.8 Å². The van der Waals surface area contributed by atoms with E-state index in [2.05, 4.69) is 10.6 Å². The first-order valence-electron chi connectivity index (χ1n) is 5.61. The number of aliphatic hydroxyl groups excluding tert-OH is 1. The predicted molar refractivity (Wildman–Crippen MR) is 63.4 cm³/mol. The lowest BCUT2D eigenvalue weighted by atomic mass is 9.96. The van der Waals surface area contributed by atoms with E-state index >= 15 is 0 Å². The van der Waals surface area contributed by atoms with E-state index in [9.17, 15) is 9.59 Å². The fourth-order valence-corrected chi connectivity index (χ4v) is 0.917. The molecule has 0 spiro atoms. The number of carbonyl (C=O) groups excluding carboxylic acids is 2. The zero-order chi connectivity index (χ0) is 13.3. The number of amides is 2. The van der Waals surface area contributed by atoms with Crippen molar-refractivity contribution >= 4 is 11.8 Å². The molecular weight excluding hydrogens is 224 g/mol. The topological polar surface area (TPSA) is 87.7 Å². The molecule has 0 bridgehead atoms. The monoisotopic (exact) mass is 246 g/mol. The van der Waals surface area contributed by atoms with Crippen LogP contribution in [0.2, 0.25) is 0 Å². The highest BCUT2D eigenvalue weighted by Crippen LogP contribution is 2.11. The minimum atomic E-state index is -0.496. The lowest BCUT2D eigenvalue weighted by Crippen LogP contribution is -2.42. The molecule has 6 nitrogen and oxygen atoms in total. The highest BCUT2D eigenvalue weighted by Gasteiger charge is 2.21. The molecule has 0 fully saturated rings. The molecule has 0 atom stereocenters. The second-order valence-electron chi connectivity index (χ2n) is 4.62. The molecule has 6 heteroatoms. The van der Waals surface area contributed by atoms with Gasteiger partial charge in [0, 0.05) is 12.0 Å². The quantitative estimate of drug-likeness (QED) is 0.517. The van der Waals surface area contributed by atoms with Crippen LogP contribution in [0.3, 0.4) is 0 Å². The van der Waals surface area contributed by atoms with Gasteiger partial charge < -0.3 is 20.5 Å². The molecule has 0 aromatic rings. The van der Waals surface area contributed by atoms with Gasteiger partial charge in [0.2, 0.25) is 11.8 Å². The molecule has 17 heavy (non-hydrogen) atoms. The SMILES string of the molecule is CC(C)(C)C(=O)NCC(=O)NCCOCCO. The van der Waals surface area contributed by atoms with Gasteiger partial charge in [0.1, 0.15) is 0 Å². The predicted octanol–water partition coefficient (Wildman–Crippen LogP) is -0.726. The van der Waals surface area contributed by atoms with Gasteiger partial charge in [-0.3, -0.25) is 9.59 Å². The van der Waals surface area contributed by atoms with E-state index in [1.54, 1.807) is 20.8 Å². The molecule has 3 N–H and O–H groups in total. The average molecular weight is 246 g/mol. The molecule has 0 saturated heterocycles. The van der Waals surface area contributed by atoms with Crippen LogP contribution in [-0.2, 0) is 14.3 Å². The second-order valence-corrected chi connectivity index (χ2v) is 4.62. The van der Waals surface area contributed by atoms with Gasteiger partial charge in [-0.1, -0.05) is 20.8 Å². The van der Waals surface area contributed by atoms with Crippen LogP contribution in [0.5, 0.6) is 0 Å². The Morgan fingerprint density at radius 3 is 2.35 bits per heavy atom. The van der Waals surface area contributed by atoms with E-state index in [1.165, 1.54) is 0 Å². The number of ether oxygens (including phenoxy) is 1. The summed E-state index contributed by atoms with van der Waals surface area (Å²) in [7, 11) is 0. The van der Waals surface area contributed by atoms with Crippen molar-refractivity contribution in [1.82, 2.24) is 10.6 Å². The number of hydrogen-bond acceptors (Lipinski definition) is 4. The molecular formula is C11H22N2O4. The molecule has 100 valence electrons. The van der Waals surface area contributed by atoms with Gasteiger partial charge in [0.05, 0.1) is 26.4 Å². The van der Waals surface area contributed by atoms with Crippen molar-refractivity contribution in [2.75, 3.05) is 32.9 Å². The molecule has 0 aromatic heterocycles. The van der Waals surface area contributed by atoms with Crippen LogP contribution < -0.4 is 10.6 Å². The first kappa shape index (κ1) is 15.9. The largest absolute Gasteiger partial charge is 0.394 e. The van der Waals surface area contributed by atoms with E-state index in [0.717, 1.165) is 0 Å². The fraction of sp³-hybridized carbons (Fsp3) is 0.818. The Morgan fingerprint density at radius 2 is 1.82 bits per heavy atom. The van der Waals surface area contributed by atoms with Crippen molar-refractivity contribution in [3.63, 3.8) is 0 Å². The average Bonchev–Trinajstić information content (AvgIpc) is 2.24. The number of nitrogens with one attached hydrogen (secondary N) is 2. The molecule has 0 aromatic carbocycles. The van der Waals surface area contributed by atoms with Gasteiger partial charge in [-0.15, -0.1) is 0 Å². The lowest BCUT2D eigenvalue weighted by molar-refractivity contribution is -0.131. The third-order valence-corrected chi connectivity index (χ3v) is 1.89. The van der Waals surface area contributed by atoms with Crippen LogP contribution in [0, 0.1) is 5.41 Å². The van der Waals surface area contributed by atoms with Crippen molar-refractivity contribution in [1.29, 1.82) is 0 Å². The maximum Gasteiger partial charge on any atom is 0.239 e. The summed E-state index contributed by atoms with van der Waals surface area (Å²) < 4.78 is 4.96. The first-order chi connectivity index (χ1) is 7.88. The Balaban J connectivity index is 3.57. The highest BCUT2D eigenvalue weighted by atomic mass is 16.5. The Hall–Kier alpha value is -1.14. The van der Waals surface area contributed by atoms with E-state index in [0.29, 0.717) is 13.2 Å². The van der Waals surface area contributed by atoms with E-state index in [4.69, 9.17) is 9.84 Å². The van der Waals surface area contributed by atoms with Crippen LogP contribution in [0.1, 0.15) is 20.8 Å². The minimum absolute atomic E-state index is 0.0316. The second kappa shape index (κ2) is 8.03. The summed E-state index contributed by atoms with van der Waals surface area (Å²) in [6, 6.07) is 0. The summed E-state index contributed by atoms with van der Waals surface area (Å²) in [6.07, 6.45) is 0. The van der Waals surface area contributed by atoms with Crippen molar-refractivity contribution < 1.29 is 19.4 Å². The van der Waals surface area contributed by atoms with Gasteiger partial charge in [-0.25, -0.2) is 0 Å². The third-order valence-electron chi connectivity index (χ3n) is 1.89. The maximum absolute atomic E-state index is 11.4. The minimum Gasteiger partial charge on any atom is -0.394 e. The summed E-state index contributed by atoms with van der Waals surface area (Å²) in [4.78, 5) is 22.7. The third kappa shape index (κ3) is 8.65. The van der Waals surface area contributed by atoms with Gasteiger partial charge in [-0.2, -0.15) is 0 Å². The molecule has 0 unspecified atom stereocenters. The number of carbonyl (C=O) groups is 2. The van der Waals surface area contributed by atoms with E-state index in [-0.39, 0.29) is 31.6 Å². The number of rotatable bonds is 7. The Kier molecular flexibility index (Phi) is 7.49. The van der Waals surface area contributed by atoms with Crippen LogP contribution in [0.25, 0.3) is 0 Å². The molecule has 0 aliphatic rings. The Bertz CT molecular complexity index is 248. The van der Waals surface area contributed by atoms with Crippen molar-refractivity contribution in [2.24, 2.45) is 5.41 Å².